The second-order valence-corrected chi connectivity index (χ2v) is 6.68. The van der Waals surface area contributed by atoms with Crippen LogP contribution < -0.4 is 4.74 Å². The first-order valence-electron chi connectivity index (χ1n) is 9.74. The van der Waals surface area contributed by atoms with Crippen LogP contribution in [0, 0.1) is 13.8 Å². The van der Waals surface area contributed by atoms with Crippen LogP contribution >= 0.6 is 0 Å². The van der Waals surface area contributed by atoms with Gasteiger partial charge in [-0.3, -0.25) is 0 Å². The molecule has 5 nitrogen and oxygen atoms in total. The topological polar surface area (TPSA) is 57.1 Å². The first-order chi connectivity index (χ1) is 14.0. The van der Waals surface area contributed by atoms with Crippen LogP contribution in [0.3, 0.4) is 0 Å². The van der Waals surface area contributed by atoms with Crippen molar-refractivity contribution in [1.29, 1.82) is 0 Å². The zero-order valence-corrected chi connectivity index (χ0v) is 17.8. The molecular formula is C24H29NO4. The summed E-state index contributed by atoms with van der Waals surface area (Å²) < 4.78 is 11.0. The molecule has 0 radical (unpaired) electrons. The highest BCUT2D eigenvalue weighted by atomic mass is 16.6. The van der Waals surface area contributed by atoms with E-state index in [0.29, 0.717) is 18.8 Å². The second kappa shape index (κ2) is 11.1. The standard InChI is InChI=1S/C24H29NO4/c1-6-12-29-25-15-20-13-18(4)23(14-17(20)3)28-16-19-10-8-9-11-22(19)21(7-2)24(26)27-5/h7-11,13-15H,6,12,16H2,1-5H3. The minimum Gasteiger partial charge on any atom is -0.489 e. The number of oxime groups is 1. The van der Waals surface area contributed by atoms with E-state index in [1.54, 1.807) is 12.3 Å². The van der Waals surface area contributed by atoms with Gasteiger partial charge in [-0.1, -0.05) is 42.4 Å². The Morgan fingerprint density at radius 1 is 1.14 bits per heavy atom. The third-order valence-corrected chi connectivity index (χ3v) is 4.51. The van der Waals surface area contributed by atoms with Crippen LogP contribution in [0.5, 0.6) is 5.75 Å². The Morgan fingerprint density at radius 2 is 1.90 bits per heavy atom. The van der Waals surface area contributed by atoms with E-state index in [1.165, 1.54) is 7.11 Å². The van der Waals surface area contributed by atoms with Crippen molar-refractivity contribution in [3.63, 3.8) is 0 Å². The number of benzene rings is 2. The number of methoxy groups -OCH3 is 1. The number of rotatable bonds is 9. The number of nitrogens with zero attached hydrogens (tertiary/aromatic N) is 1. The molecule has 2 aromatic rings. The van der Waals surface area contributed by atoms with Gasteiger partial charge in [0.25, 0.3) is 0 Å². The Morgan fingerprint density at radius 3 is 2.59 bits per heavy atom. The maximum Gasteiger partial charge on any atom is 0.338 e. The number of ether oxygens (including phenoxy) is 2. The number of hydrogen-bond donors (Lipinski definition) is 0. The Kier molecular flexibility index (Phi) is 8.46. The first kappa shape index (κ1) is 22.2. The van der Waals surface area contributed by atoms with Crippen molar-refractivity contribution < 1.29 is 19.1 Å². The predicted octanol–water partition coefficient (Wildman–Crippen LogP) is 5.22. The van der Waals surface area contributed by atoms with E-state index in [0.717, 1.165) is 40.0 Å². The van der Waals surface area contributed by atoms with Crippen LogP contribution in [-0.2, 0) is 21.0 Å². The van der Waals surface area contributed by atoms with Crippen LogP contribution in [0.15, 0.2) is 47.6 Å². The maximum atomic E-state index is 12.1. The SMILES string of the molecule is CC=C(C(=O)OC)c1ccccc1COc1cc(C)c(C=NOCCC)cc1C. The smallest absolute Gasteiger partial charge is 0.338 e. The third-order valence-electron chi connectivity index (χ3n) is 4.51. The zero-order valence-electron chi connectivity index (χ0n) is 17.8. The summed E-state index contributed by atoms with van der Waals surface area (Å²) in [5.74, 6) is 0.435. The molecular weight excluding hydrogens is 366 g/mol. The average molecular weight is 395 g/mol. The lowest BCUT2D eigenvalue weighted by Gasteiger charge is -2.15. The molecule has 2 aromatic carbocycles. The second-order valence-electron chi connectivity index (χ2n) is 6.68. The quantitative estimate of drug-likeness (QED) is 0.192. The van der Waals surface area contributed by atoms with E-state index < -0.39 is 0 Å². The molecule has 0 N–H and O–H groups in total. The molecule has 0 spiro atoms. The van der Waals surface area contributed by atoms with Gasteiger partial charge in [0.15, 0.2) is 0 Å². The zero-order chi connectivity index (χ0) is 21.2. The lowest BCUT2D eigenvalue weighted by Crippen LogP contribution is -2.08. The summed E-state index contributed by atoms with van der Waals surface area (Å²) in [5, 5.41) is 4.01. The number of aryl methyl sites for hydroxylation is 2. The minimum atomic E-state index is -0.360. The maximum absolute atomic E-state index is 12.1. The Labute approximate surface area is 173 Å². The van der Waals surface area contributed by atoms with E-state index in [2.05, 4.69) is 5.16 Å². The van der Waals surface area contributed by atoms with Gasteiger partial charge in [-0.05, 0) is 67.1 Å². The normalized spacial score (nSPS) is 11.6. The minimum absolute atomic E-state index is 0.345. The van der Waals surface area contributed by atoms with E-state index in [1.807, 2.05) is 64.1 Å². The molecule has 0 atom stereocenters. The highest BCUT2D eigenvalue weighted by Crippen LogP contribution is 2.26. The number of allylic oxidation sites excluding steroid dienone is 1. The van der Waals surface area contributed by atoms with Gasteiger partial charge in [-0.2, -0.15) is 0 Å². The molecule has 0 aromatic heterocycles. The molecule has 0 amide bonds. The van der Waals surface area contributed by atoms with Gasteiger partial charge in [0, 0.05) is 0 Å². The van der Waals surface area contributed by atoms with Crippen molar-refractivity contribution in [3.8, 4) is 5.75 Å². The van der Waals surface area contributed by atoms with Crippen LogP contribution in [0.1, 0.15) is 48.1 Å². The Bertz CT molecular complexity index is 900. The summed E-state index contributed by atoms with van der Waals surface area (Å²) in [6.45, 7) is 8.82. The Hall–Kier alpha value is -3.08. The monoisotopic (exact) mass is 395 g/mol. The fourth-order valence-electron chi connectivity index (χ4n) is 2.90. The summed E-state index contributed by atoms with van der Waals surface area (Å²) in [6.07, 6.45) is 4.41. The van der Waals surface area contributed by atoms with Crippen molar-refractivity contribution in [2.45, 2.75) is 40.7 Å². The lowest BCUT2D eigenvalue weighted by atomic mass is 10.00. The van der Waals surface area contributed by atoms with Gasteiger partial charge < -0.3 is 14.3 Å². The molecule has 0 saturated heterocycles. The molecule has 154 valence electrons. The summed E-state index contributed by atoms with van der Waals surface area (Å²) in [7, 11) is 1.38. The lowest BCUT2D eigenvalue weighted by molar-refractivity contribution is -0.133. The van der Waals surface area contributed by atoms with E-state index in [-0.39, 0.29) is 5.97 Å². The van der Waals surface area contributed by atoms with Gasteiger partial charge >= 0.3 is 5.97 Å². The van der Waals surface area contributed by atoms with Crippen LogP contribution in [0.25, 0.3) is 5.57 Å². The molecule has 0 aliphatic carbocycles. The number of carbonyl (C=O) groups excluding carboxylic acids is 1. The van der Waals surface area contributed by atoms with Gasteiger partial charge in [-0.15, -0.1) is 0 Å². The average Bonchev–Trinajstić information content (AvgIpc) is 2.73. The molecule has 29 heavy (non-hydrogen) atoms. The van der Waals surface area contributed by atoms with Gasteiger partial charge in [0.05, 0.1) is 18.9 Å². The van der Waals surface area contributed by atoms with Crippen molar-refractivity contribution in [2.24, 2.45) is 5.16 Å². The first-order valence-corrected chi connectivity index (χ1v) is 9.74. The van der Waals surface area contributed by atoms with Gasteiger partial charge in [0.2, 0.25) is 0 Å². The molecule has 0 heterocycles. The molecule has 0 unspecified atom stereocenters. The van der Waals surface area contributed by atoms with Crippen molar-refractivity contribution >= 4 is 17.8 Å². The van der Waals surface area contributed by atoms with Crippen molar-refractivity contribution in [2.75, 3.05) is 13.7 Å². The largest absolute Gasteiger partial charge is 0.489 e. The number of hydrogen-bond acceptors (Lipinski definition) is 5. The number of esters is 1. The summed E-state index contributed by atoms with van der Waals surface area (Å²) in [5.41, 5.74) is 5.30. The van der Waals surface area contributed by atoms with Gasteiger partial charge in [-0.25, -0.2) is 4.79 Å². The highest BCUT2D eigenvalue weighted by molar-refractivity contribution is 6.16. The molecule has 0 fully saturated rings. The Balaban J connectivity index is 2.20. The third kappa shape index (κ3) is 5.95. The number of carbonyl (C=O) groups is 1. The summed E-state index contributed by atoms with van der Waals surface area (Å²) >= 11 is 0. The summed E-state index contributed by atoms with van der Waals surface area (Å²) in [6, 6.07) is 11.7. The molecule has 2 rings (SSSR count). The van der Waals surface area contributed by atoms with E-state index in [9.17, 15) is 4.79 Å². The molecule has 0 aliphatic rings. The van der Waals surface area contributed by atoms with Gasteiger partial charge in [0.1, 0.15) is 19.0 Å². The summed E-state index contributed by atoms with van der Waals surface area (Å²) in [4.78, 5) is 17.3. The molecule has 5 heteroatoms. The van der Waals surface area contributed by atoms with Crippen molar-refractivity contribution in [1.82, 2.24) is 0 Å². The molecule has 0 bridgehead atoms. The van der Waals surface area contributed by atoms with Crippen LogP contribution in [-0.4, -0.2) is 25.9 Å². The fourth-order valence-corrected chi connectivity index (χ4v) is 2.90. The predicted molar refractivity (Wildman–Crippen MR) is 116 cm³/mol. The molecule has 0 saturated carbocycles. The highest BCUT2D eigenvalue weighted by Gasteiger charge is 2.15. The van der Waals surface area contributed by atoms with E-state index >= 15 is 0 Å². The fraction of sp³-hybridized carbons (Fsp3) is 0.333. The van der Waals surface area contributed by atoms with Crippen LogP contribution in [0.2, 0.25) is 0 Å². The van der Waals surface area contributed by atoms with Crippen LogP contribution in [0.4, 0.5) is 0 Å². The molecule has 0 aliphatic heterocycles. The van der Waals surface area contributed by atoms with E-state index in [4.69, 9.17) is 14.3 Å². The van der Waals surface area contributed by atoms with Crippen molar-refractivity contribution in [3.05, 3.63) is 70.3 Å².